The molecule has 2 nitrogen and oxygen atoms in total. The first kappa shape index (κ1) is 6.62. The lowest BCUT2D eigenvalue weighted by atomic mass is 9.96. The molecule has 10 heavy (non-hydrogen) atoms. The van der Waals surface area contributed by atoms with Gasteiger partial charge >= 0.3 is 0 Å². The maximum atomic E-state index is 3.50. The van der Waals surface area contributed by atoms with E-state index in [2.05, 4.69) is 24.1 Å². The molecular weight excluding hydrogens is 124 g/mol. The summed E-state index contributed by atoms with van der Waals surface area (Å²) in [4.78, 5) is 2.59. The maximum Gasteiger partial charge on any atom is 0.0352 e. The van der Waals surface area contributed by atoms with Crippen LogP contribution in [-0.2, 0) is 0 Å². The minimum Gasteiger partial charge on any atom is -0.311 e. The first-order valence-corrected chi connectivity index (χ1v) is 4.28. The molecule has 0 spiro atoms. The van der Waals surface area contributed by atoms with Crippen LogP contribution in [0.2, 0.25) is 0 Å². The standard InChI is InChI=1S/C8H16N2/c1-6(2)10-5-7-8(10)3-4-9-7/h6-9H,3-5H2,1-2H3. The molecule has 2 aliphatic heterocycles. The molecule has 2 saturated heterocycles. The predicted molar refractivity (Wildman–Crippen MR) is 42.0 cm³/mol. The smallest absolute Gasteiger partial charge is 0.0352 e. The number of fused-ring (bicyclic) bond motifs is 1. The molecule has 0 amide bonds. The van der Waals surface area contributed by atoms with Crippen molar-refractivity contribution >= 4 is 0 Å². The van der Waals surface area contributed by atoms with E-state index in [1.165, 1.54) is 19.5 Å². The van der Waals surface area contributed by atoms with Gasteiger partial charge in [-0.15, -0.1) is 0 Å². The van der Waals surface area contributed by atoms with E-state index >= 15 is 0 Å². The molecule has 0 aromatic heterocycles. The Morgan fingerprint density at radius 3 is 2.90 bits per heavy atom. The Balaban J connectivity index is 1.94. The van der Waals surface area contributed by atoms with E-state index in [-0.39, 0.29) is 0 Å². The molecule has 0 bridgehead atoms. The summed E-state index contributed by atoms with van der Waals surface area (Å²) in [5.74, 6) is 0. The molecule has 0 saturated carbocycles. The largest absolute Gasteiger partial charge is 0.311 e. The topological polar surface area (TPSA) is 15.3 Å². The van der Waals surface area contributed by atoms with E-state index in [1.807, 2.05) is 0 Å². The second-order valence-corrected chi connectivity index (χ2v) is 3.71. The molecule has 0 aromatic rings. The lowest BCUT2D eigenvalue weighted by Crippen LogP contribution is -2.62. The fourth-order valence-corrected chi connectivity index (χ4v) is 2.16. The van der Waals surface area contributed by atoms with Gasteiger partial charge in [0.05, 0.1) is 0 Å². The van der Waals surface area contributed by atoms with Gasteiger partial charge in [0.1, 0.15) is 0 Å². The molecular formula is C8H16N2. The van der Waals surface area contributed by atoms with Crippen molar-refractivity contribution in [3.63, 3.8) is 0 Å². The predicted octanol–water partition coefficient (Wildman–Crippen LogP) is 0.441. The van der Waals surface area contributed by atoms with Crippen LogP contribution in [0.3, 0.4) is 0 Å². The van der Waals surface area contributed by atoms with Crippen LogP contribution >= 0.6 is 0 Å². The summed E-state index contributed by atoms with van der Waals surface area (Å²) in [6.07, 6.45) is 1.36. The Kier molecular flexibility index (Phi) is 1.46. The summed E-state index contributed by atoms with van der Waals surface area (Å²) in [6.45, 7) is 7.09. The SMILES string of the molecule is CC(C)N1CC2NCCC21. The molecule has 2 unspecified atom stereocenters. The quantitative estimate of drug-likeness (QED) is 0.568. The number of hydrogen-bond acceptors (Lipinski definition) is 2. The van der Waals surface area contributed by atoms with Gasteiger partial charge in [-0.3, -0.25) is 4.90 Å². The summed E-state index contributed by atoms with van der Waals surface area (Å²) in [5.41, 5.74) is 0. The number of nitrogens with zero attached hydrogens (tertiary/aromatic N) is 1. The Hall–Kier alpha value is -0.0800. The average Bonchev–Trinajstić information content (AvgIpc) is 2.11. The summed E-state index contributed by atoms with van der Waals surface area (Å²) >= 11 is 0. The van der Waals surface area contributed by atoms with Gasteiger partial charge in [-0.1, -0.05) is 0 Å². The molecule has 1 N–H and O–H groups in total. The van der Waals surface area contributed by atoms with E-state index < -0.39 is 0 Å². The van der Waals surface area contributed by atoms with Crippen molar-refractivity contribution in [2.24, 2.45) is 0 Å². The highest BCUT2D eigenvalue weighted by molar-refractivity contribution is 5.02. The lowest BCUT2D eigenvalue weighted by molar-refractivity contribution is 0.0419. The second kappa shape index (κ2) is 2.21. The van der Waals surface area contributed by atoms with Crippen molar-refractivity contribution in [3.8, 4) is 0 Å². The molecule has 2 heteroatoms. The number of hydrogen-bond donors (Lipinski definition) is 1. The van der Waals surface area contributed by atoms with Gasteiger partial charge in [-0.2, -0.15) is 0 Å². The van der Waals surface area contributed by atoms with Crippen LogP contribution in [0.15, 0.2) is 0 Å². The van der Waals surface area contributed by atoms with Gasteiger partial charge in [0.15, 0.2) is 0 Å². The van der Waals surface area contributed by atoms with Crippen LogP contribution in [0.25, 0.3) is 0 Å². The summed E-state index contributed by atoms with van der Waals surface area (Å²) in [6, 6.07) is 2.46. The summed E-state index contributed by atoms with van der Waals surface area (Å²) in [5, 5.41) is 3.50. The normalized spacial score (nSPS) is 39.9. The second-order valence-electron chi connectivity index (χ2n) is 3.71. The third-order valence-electron chi connectivity index (χ3n) is 2.81. The summed E-state index contributed by atoms with van der Waals surface area (Å²) < 4.78 is 0. The monoisotopic (exact) mass is 140 g/mol. The maximum absolute atomic E-state index is 3.50. The summed E-state index contributed by atoms with van der Waals surface area (Å²) in [7, 11) is 0. The van der Waals surface area contributed by atoms with E-state index in [9.17, 15) is 0 Å². The first-order chi connectivity index (χ1) is 4.79. The molecule has 0 aromatic carbocycles. The third-order valence-corrected chi connectivity index (χ3v) is 2.81. The molecule has 2 heterocycles. The van der Waals surface area contributed by atoms with Crippen molar-refractivity contribution < 1.29 is 0 Å². The number of rotatable bonds is 1. The Morgan fingerprint density at radius 2 is 2.30 bits per heavy atom. The van der Waals surface area contributed by atoms with Gasteiger partial charge in [-0.05, 0) is 26.8 Å². The molecule has 0 aliphatic carbocycles. The Labute approximate surface area is 62.6 Å². The zero-order chi connectivity index (χ0) is 7.14. The van der Waals surface area contributed by atoms with Crippen LogP contribution < -0.4 is 5.32 Å². The van der Waals surface area contributed by atoms with Crippen LogP contribution in [0.1, 0.15) is 20.3 Å². The minimum absolute atomic E-state index is 0.751. The minimum atomic E-state index is 0.751. The Bertz CT molecular complexity index is 133. The first-order valence-electron chi connectivity index (χ1n) is 4.28. The van der Waals surface area contributed by atoms with Crippen LogP contribution in [0.5, 0.6) is 0 Å². The zero-order valence-corrected chi connectivity index (χ0v) is 6.80. The van der Waals surface area contributed by atoms with Crippen molar-refractivity contribution in [3.05, 3.63) is 0 Å². The van der Waals surface area contributed by atoms with Gasteiger partial charge in [-0.25, -0.2) is 0 Å². The zero-order valence-electron chi connectivity index (χ0n) is 6.80. The van der Waals surface area contributed by atoms with Crippen LogP contribution in [-0.4, -0.2) is 36.1 Å². The van der Waals surface area contributed by atoms with Gasteiger partial charge < -0.3 is 5.32 Å². The molecule has 0 radical (unpaired) electrons. The molecule has 2 rings (SSSR count). The molecule has 58 valence electrons. The van der Waals surface area contributed by atoms with Crippen molar-refractivity contribution in [1.29, 1.82) is 0 Å². The average molecular weight is 140 g/mol. The Morgan fingerprint density at radius 1 is 1.50 bits per heavy atom. The number of nitrogens with one attached hydrogen (secondary N) is 1. The highest BCUT2D eigenvalue weighted by Crippen LogP contribution is 2.27. The molecule has 2 fully saturated rings. The van der Waals surface area contributed by atoms with Crippen molar-refractivity contribution in [2.45, 2.75) is 38.4 Å². The highest BCUT2D eigenvalue weighted by atomic mass is 15.3. The molecule has 2 atom stereocenters. The fourth-order valence-electron chi connectivity index (χ4n) is 2.16. The van der Waals surface area contributed by atoms with Crippen LogP contribution in [0.4, 0.5) is 0 Å². The van der Waals surface area contributed by atoms with E-state index in [4.69, 9.17) is 0 Å². The number of likely N-dealkylation sites (tertiary alicyclic amines) is 1. The van der Waals surface area contributed by atoms with E-state index in [0.29, 0.717) is 0 Å². The van der Waals surface area contributed by atoms with Gasteiger partial charge in [0.2, 0.25) is 0 Å². The fraction of sp³-hybridized carbons (Fsp3) is 1.00. The van der Waals surface area contributed by atoms with Gasteiger partial charge in [0, 0.05) is 24.7 Å². The van der Waals surface area contributed by atoms with E-state index in [0.717, 1.165) is 18.1 Å². The van der Waals surface area contributed by atoms with Crippen LogP contribution in [0, 0.1) is 0 Å². The molecule has 2 aliphatic rings. The van der Waals surface area contributed by atoms with Crippen molar-refractivity contribution in [1.82, 2.24) is 10.2 Å². The van der Waals surface area contributed by atoms with E-state index in [1.54, 1.807) is 0 Å². The third kappa shape index (κ3) is 0.789. The van der Waals surface area contributed by atoms with Gasteiger partial charge in [0.25, 0.3) is 0 Å². The van der Waals surface area contributed by atoms with Crippen molar-refractivity contribution in [2.75, 3.05) is 13.1 Å². The highest BCUT2D eigenvalue weighted by Gasteiger charge is 2.42. The lowest BCUT2D eigenvalue weighted by Gasteiger charge is -2.46.